The van der Waals surface area contributed by atoms with Gasteiger partial charge in [-0.3, -0.25) is 0 Å². The van der Waals surface area contributed by atoms with Gasteiger partial charge in [0.2, 0.25) is 0 Å². The molecule has 0 spiro atoms. The summed E-state index contributed by atoms with van der Waals surface area (Å²) in [6.07, 6.45) is 3.46. The van der Waals surface area contributed by atoms with Crippen molar-refractivity contribution in [2.24, 2.45) is 0 Å². The molecule has 8 rings (SSSR count). The van der Waals surface area contributed by atoms with Crippen molar-refractivity contribution in [3.8, 4) is 11.4 Å². The van der Waals surface area contributed by atoms with Crippen LogP contribution < -0.4 is 0 Å². The number of hydrogen-bond donors (Lipinski definition) is 1. The molecule has 0 radical (unpaired) electrons. The Morgan fingerprint density at radius 2 is 1.00 bits per heavy atom. The van der Waals surface area contributed by atoms with Crippen molar-refractivity contribution >= 4 is 61.0 Å². The summed E-state index contributed by atoms with van der Waals surface area (Å²) in [5.74, 6) is 0. The summed E-state index contributed by atoms with van der Waals surface area (Å²) in [6.45, 7) is 8.74. The Morgan fingerprint density at radius 3 is 1.54 bits per heavy atom. The van der Waals surface area contributed by atoms with Crippen molar-refractivity contribution in [1.82, 2.24) is 9.13 Å². The minimum atomic E-state index is 0.807. The van der Waals surface area contributed by atoms with Crippen LogP contribution in [0.5, 0.6) is 0 Å². The molecule has 0 saturated carbocycles. The maximum absolute atomic E-state index is 8.40. The van der Waals surface area contributed by atoms with Crippen LogP contribution in [0.1, 0.15) is 22.3 Å². The molecule has 3 nitrogen and oxygen atoms in total. The van der Waals surface area contributed by atoms with Crippen LogP contribution in [0.3, 0.4) is 0 Å². The molecule has 1 N–H and O–H groups in total. The van der Waals surface area contributed by atoms with Crippen LogP contribution in [0.25, 0.3) is 66.1 Å². The standard InChI is InChI=1S/C43H33N3/c1-28-18-20-38-36-14-4-6-16-40(36)45(42(38)22-28)34-12-8-10-31(25-34)30(3)24-33(27-44)32-11-9-13-35(26-32)46-41-17-7-5-15-37(41)39-21-19-29(2)23-43(39)46/h4-27,44H,3H2,1-2H3/b33-24+,44-27?. The highest BCUT2D eigenvalue weighted by Gasteiger charge is 2.15. The Labute approximate surface area is 268 Å². The second kappa shape index (κ2) is 10.9. The Balaban J connectivity index is 1.21. The fourth-order valence-electron chi connectivity index (χ4n) is 6.87. The Kier molecular flexibility index (Phi) is 6.54. The van der Waals surface area contributed by atoms with Gasteiger partial charge in [-0.15, -0.1) is 0 Å². The second-order valence-corrected chi connectivity index (χ2v) is 12.1. The van der Waals surface area contributed by atoms with Crippen molar-refractivity contribution in [3.05, 3.63) is 168 Å². The number of nitrogens with zero attached hydrogens (tertiary/aromatic N) is 2. The molecule has 0 fully saturated rings. The number of hydrogen-bond acceptors (Lipinski definition) is 1. The van der Waals surface area contributed by atoms with Crippen LogP contribution in [0.15, 0.2) is 146 Å². The number of rotatable bonds is 6. The van der Waals surface area contributed by atoms with Crippen molar-refractivity contribution in [2.45, 2.75) is 13.8 Å². The molecule has 2 heterocycles. The monoisotopic (exact) mass is 591 g/mol. The van der Waals surface area contributed by atoms with Crippen molar-refractivity contribution in [1.29, 1.82) is 5.41 Å². The van der Waals surface area contributed by atoms with E-state index in [0.717, 1.165) is 33.6 Å². The van der Waals surface area contributed by atoms with Gasteiger partial charge >= 0.3 is 0 Å². The predicted octanol–water partition coefficient (Wildman–Crippen LogP) is 11.2. The second-order valence-electron chi connectivity index (χ2n) is 12.1. The molecule has 8 aromatic rings. The zero-order valence-electron chi connectivity index (χ0n) is 26.0. The summed E-state index contributed by atoms with van der Waals surface area (Å²) in [6, 6.07) is 47.5. The number of aryl methyl sites for hydroxylation is 2. The SMILES string of the molecule is C=C(/C=C(\C=N)c1cccc(-n2c3ccccc3c3ccc(C)cc32)c1)c1cccc(-n2c3ccccc3c3ccc(C)cc32)c1. The van der Waals surface area contributed by atoms with Gasteiger partial charge in [-0.25, -0.2) is 0 Å². The lowest BCUT2D eigenvalue weighted by atomic mass is 9.99. The maximum Gasteiger partial charge on any atom is 0.0543 e. The lowest BCUT2D eigenvalue weighted by Gasteiger charge is -2.12. The third-order valence-corrected chi connectivity index (χ3v) is 9.06. The van der Waals surface area contributed by atoms with E-state index in [0.29, 0.717) is 0 Å². The maximum atomic E-state index is 8.40. The molecular weight excluding hydrogens is 558 g/mol. The molecule has 3 heteroatoms. The molecule has 0 unspecified atom stereocenters. The van der Waals surface area contributed by atoms with E-state index in [2.05, 4.69) is 163 Å². The average Bonchev–Trinajstić information content (AvgIpc) is 3.59. The molecule has 0 saturated heterocycles. The minimum absolute atomic E-state index is 0.807. The number of nitrogens with one attached hydrogen (secondary N) is 1. The molecule has 0 aliphatic rings. The molecular formula is C43H33N3. The first-order valence-electron chi connectivity index (χ1n) is 15.6. The molecule has 0 aliphatic heterocycles. The van der Waals surface area contributed by atoms with Gasteiger partial charge in [-0.05, 0) is 102 Å². The van der Waals surface area contributed by atoms with E-state index in [1.54, 1.807) is 0 Å². The van der Waals surface area contributed by atoms with Gasteiger partial charge < -0.3 is 14.5 Å². The first-order valence-corrected chi connectivity index (χ1v) is 15.6. The van der Waals surface area contributed by atoms with E-state index in [9.17, 15) is 0 Å². The molecule has 220 valence electrons. The predicted molar refractivity (Wildman–Crippen MR) is 197 cm³/mol. The molecule has 6 aromatic carbocycles. The Morgan fingerprint density at radius 1 is 0.522 bits per heavy atom. The zero-order valence-corrected chi connectivity index (χ0v) is 26.0. The summed E-state index contributed by atoms with van der Waals surface area (Å²) in [5, 5.41) is 13.4. The molecule has 46 heavy (non-hydrogen) atoms. The topological polar surface area (TPSA) is 33.7 Å². The third-order valence-electron chi connectivity index (χ3n) is 9.06. The van der Waals surface area contributed by atoms with E-state index >= 15 is 0 Å². The van der Waals surface area contributed by atoms with Gasteiger partial charge in [-0.1, -0.05) is 91.5 Å². The van der Waals surface area contributed by atoms with Gasteiger partial charge in [0.15, 0.2) is 0 Å². The van der Waals surface area contributed by atoms with Crippen LogP contribution in [-0.2, 0) is 0 Å². The highest BCUT2D eigenvalue weighted by Crippen LogP contribution is 2.35. The molecule has 0 bridgehead atoms. The largest absolute Gasteiger partial charge is 0.309 e. The zero-order chi connectivity index (χ0) is 31.4. The van der Waals surface area contributed by atoms with E-state index < -0.39 is 0 Å². The third kappa shape index (κ3) is 4.48. The Bertz CT molecular complexity index is 2540. The van der Waals surface area contributed by atoms with E-state index in [-0.39, 0.29) is 0 Å². The fourth-order valence-corrected chi connectivity index (χ4v) is 6.87. The van der Waals surface area contributed by atoms with Crippen LogP contribution >= 0.6 is 0 Å². The Hall–Kier alpha value is -5.93. The summed E-state index contributed by atoms with van der Waals surface area (Å²) in [7, 11) is 0. The van der Waals surface area contributed by atoms with Crippen LogP contribution in [0.2, 0.25) is 0 Å². The fraction of sp³-hybridized carbons (Fsp3) is 0.0465. The van der Waals surface area contributed by atoms with Crippen molar-refractivity contribution in [3.63, 3.8) is 0 Å². The quantitative estimate of drug-likeness (QED) is 0.147. The highest BCUT2D eigenvalue weighted by atomic mass is 15.0. The first kappa shape index (κ1) is 27.6. The van der Waals surface area contributed by atoms with Gasteiger partial charge in [0, 0.05) is 39.1 Å². The number of fused-ring (bicyclic) bond motifs is 6. The number of allylic oxidation sites excluding steroid dienone is 3. The smallest absolute Gasteiger partial charge is 0.0543 e. The van der Waals surface area contributed by atoms with Crippen molar-refractivity contribution < 1.29 is 0 Å². The molecule has 2 aromatic heterocycles. The van der Waals surface area contributed by atoms with Crippen molar-refractivity contribution in [2.75, 3.05) is 0 Å². The molecule has 0 amide bonds. The normalized spacial score (nSPS) is 12.0. The number of para-hydroxylation sites is 2. The van der Waals surface area contributed by atoms with Gasteiger partial charge in [0.25, 0.3) is 0 Å². The first-order chi connectivity index (χ1) is 22.5. The summed E-state index contributed by atoms with van der Waals surface area (Å²) < 4.78 is 4.67. The average molecular weight is 592 g/mol. The van der Waals surface area contributed by atoms with E-state index in [1.807, 2.05) is 6.08 Å². The van der Waals surface area contributed by atoms with Crippen LogP contribution in [0.4, 0.5) is 0 Å². The summed E-state index contributed by atoms with van der Waals surface area (Å²) in [4.78, 5) is 0. The minimum Gasteiger partial charge on any atom is -0.309 e. The highest BCUT2D eigenvalue weighted by molar-refractivity contribution is 6.13. The molecule has 0 aliphatic carbocycles. The number of benzene rings is 6. The molecule has 0 atom stereocenters. The van der Waals surface area contributed by atoms with Gasteiger partial charge in [0.1, 0.15) is 0 Å². The van der Waals surface area contributed by atoms with E-state index in [4.69, 9.17) is 5.41 Å². The van der Waals surface area contributed by atoms with E-state index in [1.165, 1.54) is 61.0 Å². The van der Waals surface area contributed by atoms with Crippen LogP contribution in [-0.4, -0.2) is 15.3 Å². The summed E-state index contributed by atoms with van der Waals surface area (Å²) >= 11 is 0. The van der Waals surface area contributed by atoms with Gasteiger partial charge in [-0.2, -0.15) is 0 Å². The van der Waals surface area contributed by atoms with Gasteiger partial charge in [0.05, 0.1) is 22.1 Å². The summed E-state index contributed by atoms with van der Waals surface area (Å²) in [5.41, 5.74) is 13.0. The lowest BCUT2D eigenvalue weighted by Crippen LogP contribution is -1.97. The number of aromatic nitrogens is 2. The van der Waals surface area contributed by atoms with Crippen LogP contribution in [0, 0.1) is 19.3 Å². The lowest BCUT2D eigenvalue weighted by molar-refractivity contribution is 1.17.